The SMILES string of the molecule is CCC(C)NC(=O)c1ccc(Nc2cccc3cccnc23)cn1. The molecule has 1 unspecified atom stereocenters. The Morgan fingerprint density at radius 3 is 2.71 bits per heavy atom. The summed E-state index contributed by atoms with van der Waals surface area (Å²) in [5.41, 5.74) is 3.04. The Labute approximate surface area is 141 Å². The molecular weight excluding hydrogens is 300 g/mol. The Kier molecular flexibility index (Phi) is 4.70. The maximum Gasteiger partial charge on any atom is 0.270 e. The minimum absolute atomic E-state index is 0.138. The monoisotopic (exact) mass is 320 g/mol. The van der Waals surface area contributed by atoms with E-state index >= 15 is 0 Å². The molecule has 0 spiro atoms. The molecule has 5 heteroatoms. The van der Waals surface area contributed by atoms with Crippen molar-refractivity contribution in [3.05, 3.63) is 60.6 Å². The zero-order chi connectivity index (χ0) is 16.9. The van der Waals surface area contributed by atoms with Gasteiger partial charge in [0.2, 0.25) is 0 Å². The molecule has 0 aliphatic rings. The number of hydrogen-bond acceptors (Lipinski definition) is 4. The van der Waals surface area contributed by atoms with E-state index in [1.807, 2.05) is 50.2 Å². The molecule has 3 rings (SSSR count). The van der Waals surface area contributed by atoms with E-state index in [0.29, 0.717) is 5.69 Å². The lowest BCUT2D eigenvalue weighted by molar-refractivity contribution is 0.0934. The molecule has 1 aromatic carbocycles. The van der Waals surface area contributed by atoms with Crippen molar-refractivity contribution in [3.8, 4) is 0 Å². The third-order valence-electron chi connectivity index (χ3n) is 3.90. The number of nitrogens with zero attached hydrogens (tertiary/aromatic N) is 2. The van der Waals surface area contributed by atoms with Crippen molar-refractivity contribution in [1.82, 2.24) is 15.3 Å². The number of rotatable bonds is 5. The van der Waals surface area contributed by atoms with Crippen LogP contribution in [0.15, 0.2) is 54.9 Å². The highest BCUT2D eigenvalue weighted by atomic mass is 16.1. The quantitative estimate of drug-likeness (QED) is 0.748. The van der Waals surface area contributed by atoms with Gasteiger partial charge in [0.15, 0.2) is 0 Å². The molecule has 122 valence electrons. The lowest BCUT2D eigenvalue weighted by Crippen LogP contribution is -2.32. The zero-order valence-corrected chi connectivity index (χ0v) is 13.8. The van der Waals surface area contributed by atoms with Crippen molar-refractivity contribution < 1.29 is 4.79 Å². The van der Waals surface area contributed by atoms with Crippen molar-refractivity contribution in [2.45, 2.75) is 26.3 Å². The van der Waals surface area contributed by atoms with E-state index in [1.165, 1.54) is 0 Å². The first-order valence-corrected chi connectivity index (χ1v) is 8.05. The third-order valence-corrected chi connectivity index (χ3v) is 3.90. The van der Waals surface area contributed by atoms with Gasteiger partial charge >= 0.3 is 0 Å². The number of nitrogens with one attached hydrogen (secondary N) is 2. The van der Waals surface area contributed by atoms with Crippen molar-refractivity contribution in [3.63, 3.8) is 0 Å². The molecule has 3 aromatic rings. The molecule has 2 heterocycles. The molecule has 2 aromatic heterocycles. The van der Waals surface area contributed by atoms with Crippen LogP contribution in [-0.2, 0) is 0 Å². The summed E-state index contributed by atoms with van der Waals surface area (Å²) < 4.78 is 0. The Morgan fingerprint density at radius 2 is 1.96 bits per heavy atom. The van der Waals surface area contributed by atoms with Crippen LogP contribution >= 0.6 is 0 Å². The van der Waals surface area contributed by atoms with Gasteiger partial charge in [0, 0.05) is 17.6 Å². The topological polar surface area (TPSA) is 66.9 Å². The average Bonchev–Trinajstić information content (AvgIpc) is 2.62. The summed E-state index contributed by atoms with van der Waals surface area (Å²) in [5.74, 6) is -0.150. The normalized spacial score (nSPS) is 11.9. The van der Waals surface area contributed by atoms with Crippen LogP contribution < -0.4 is 10.6 Å². The molecule has 24 heavy (non-hydrogen) atoms. The maximum atomic E-state index is 12.1. The van der Waals surface area contributed by atoms with Crippen LogP contribution in [0.5, 0.6) is 0 Å². The number of pyridine rings is 2. The number of amides is 1. The van der Waals surface area contributed by atoms with Crippen molar-refractivity contribution in [1.29, 1.82) is 0 Å². The van der Waals surface area contributed by atoms with E-state index in [1.54, 1.807) is 18.5 Å². The third kappa shape index (κ3) is 3.51. The van der Waals surface area contributed by atoms with E-state index in [2.05, 4.69) is 20.6 Å². The largest absolute Gasteiger partial charge is 0.352 e. The molecule has 0 fully saturated rings. The molecule has 1 atom stereocenters. The number of para-hydroxylation sites is 1. The van der Waals surface area contributed by atoms with E-state index in [-0.39, 0.29) is 11.9 Å². The van der Waals surface area contributed by atoms with Crippen molar-refractivity contribution in [2.24, 2.45) is 0 Å². The molecule has 0 radical (unpaired) electrons. The number of carbonyl (C=O) groups is 1. The summed E-state index contributed by atoms with van der Waals surface area (Å²) in [6.07, 6.45) is 4.32. The summed E-state index contributed by atoms with van der Waals surface area (Å²) in [6.45, 7) is 4.00. The summed E-state index contributed by atoms with van der Waals surface area (Å²) in [7, 11) is 0. The number of carbonyl (C=O) groups excluding carboxylic acids is 1. The van der Waals surface area contributed by atoms with Gasteiger partial charge in [0.05, 0.1) is 23.1 Å². The van der Waals surface area contributed by atoms with Crippen LogP contribution in [0.25, 0.3) is 10.9 Å². The molecule has 1 amide bonds. The van der Waals surface area contributed by atoms with Gasteiger partial charge in [-0.25, -0.2) is 4.98 Å². The van der Waals surface area contributed by atoms with E-state index in [0.717, 1.165) is 28.7 Å². The lowest BCUT2D eigenvalue weighted by Gasteiger charge is -2.12. The first kappa shape index (κ1) is 15.9. The van der Waals surface area contributed by atoms with Crippen LogP contribution in [0.3, 0.4) is 0 Å². The first-order chi connectivity index (χ1) is 11.7. The van der Waals surface area contributed by atoms with Crippen molar-refractivity contribution in [2.75, 3.05) is 5.32 Å². The molecular formula is C19H20N4O. The molecule has 0 saturated carbocycles. The average molecular weight is 320 g/mol. The van der Waals surface area contributed by atoms with Crippen LogP contribution in [0.2, 0.25) is 0 Å². The number of hydrogen-bond donors (Lipinski definition) is 2. The Balaban J connectivity index is 1.77. The number of fused-ring (bicyclic) bond motifs is 1. The molecule has 0 aliphatic heterocycles. The van der Waals surface area contributed by atoms with Crippen LogP contribution in [-0.4, -0.2) is 21.9 Å². The van der Waals surface area contributed by atoms with E-state index < -0.39 is 0 Å². The summed E-state index contributed by atoms with van der Waals surface area (Å²) in [4.78, 5) is 20.7. The second kappa shape index (κ2) is 7.08. The number of aromatic nitrogens is 2. The van der Waals surface area contributed by atoms with Gasteiger partial charge < -0.3 is 10.6 Å². The summed E-state index contributed by atoms with van der Waals surface area (Å²) in [6, 6.07) is 13.6. The van der Waals surface area contributed by atoms with Gasteiger partial charge in [-0.3, -0.25) is 9.78 Å². The van der Waals surface area contributed by atoms with Gasteiger partial charge in [-0.1, -0.05) is 25.1 Å². The Hall–Kier alpha value is -2.95. The second-order valence-corrected chi connectivity index (χ2v) is 5.72. The van der Waals surface area contributed by atoms with Crippen LogP contribution in [0.1, 0.15) is 30.8 Å². The molecule has 5 nitrogen and oxygen atoms in total. The van der Waals surface area contributed by atoms with Crippen molar-refractivity contribution >= 4 is 28.2 Å². The minimum atomic E-state index is -0.150. The van der Waals surface area contributed by atoms with Gasteiger partial charge in [-0.05, 0) is 37.6 Å². The molecule has 0 aliphatic carbocycles. The smallest absolute Gasteiger partial charge is 0.270 e. The number of anilines is 2. The molecule has 0 bridgehead atoms. The predicted molar refractivity (Wildman–Crippen MR) is 96.5 cm³/mol. The first-order valence-electron chi connectivity index (χ1n) is 8.05. The highest BCUT2D eigenvalue weighted by molar-refractivity contribution is 5.93. The summed E-state index contributed by atoms with van der Waals surface area (Å²) >= 11 is 0. The minimum Gasteiger partial charge on any atom is -0.352 e. The highest BCUT2D eigenvalue weighted by Gasteiger charge is 2.10. The maximum absolute atomic E-state index is 12.1. The lowest BCUT2D eigenvalue weighted by atomic mass is 10.2. The van der Waals surface area contributed by atoms with Gasteiger partial charge in [-0.15, -0.1) is 0 Å². The fourth-order valence-corrected chi connectivity index (χ4v) is 2.36. The Morgan fingerprint density at radius 1 is 1.12 bits per heavy atom. The van der Waals surface area contributed by atoms with E-state index in [9.17, 15) is 4.79 Å². The second-order valence-electron chi connectivity index (χ2n) is 5.72. The fraction of sp³-hybridized carbons (Fsp3) is 0.211. The van der Waals surface area contributed by atoms with Crippen LogP contribution in [0, 0.1) is 0 Å². The molecule has 2 N–H and O–H groups in total. The standard InChI is InChI=1S/C19H20N4O/c1-3-13(2)22-19(24)17-10-9-15(12-21-17)23-16-8-4-6-14-7-5-11-20-18(14)16/h4-13,23H,3H2,1-2H3,(H,22,24). The van der Waals surface area contributed by atoms with Crippen LogP contribution in [0.4, 0.5) is 11.4 Å². The zero-order valence-electron chi connectivity index (χ0n) is 13.8. The fourth-order valence-electron chi connectivity index (χ4n) is 2.36. The summed E-state index contributed by atoms with van der Waals surface area (Å²) in [5, 5.41) is 7.29. The predicted octanol–water partition coefficient (Wildman–Crippen LogP) is 3.90. The van der Waals surface area contributed by atoms with Gasteiger partial charge in [-0.2, -0.15) is 0 Å². The van der Waals surface area contributed by atoms with E-state index in [4.69, 9.17) is 0 Å². The van der Waals surface area contributed by atoms with Gasteiger partial charge in [0.1, 0.15) is 5.69 Å². The number of benzene rings is 1. The molecule has 0 saturated heterocycles. The Bertz CT molecular complexity index is 840. The van der Waals surface area contributed by atoms with Gasteiger partial charge in [0.25, 0.3) is 5.91 Å². The highest BCUT2D eigenvalue weighted by Crippen LogP contribution is 2.24.